The molecule has 0 amide bonds. The van der Waals surface area contributed by atoms with Crippen molar-refractivity contribution in [2.45, 2.75) is 13.5 Å². The Hall–Kier alpha value is -3.18. The number of rotatable bonds is 4. The average Bonchev–Trinajstić information content (AvgIpc) is 2.99. The Morgan fingerprint density at radius 2 is 1.86 bits per heavy atom. The number of fused-ring (bicyclic) bond motifs is 1. The Kier molecular flexibility index (Phi) is 5.07. The first-order chi connectivity index (χ1) is 13.9. The molecule has 0 saturated carbocycles. The highest BCUT2D eigenvalue weighted by Crippen LogP contribution is 2.38. The van der Waals surface area contributed by atoms with Gasteiger partial charge in [0, 0.05) is 11.6 Å². The number of hydrogen-bond acceptors (Lipinski definition) is 3. The van der Waals surface area contributed by atoms with E-state index in [-0.39, 0.29) is 34.6 Å². The Morgan fingerprint density at radius 3 is 2.59 bits per heavy atom. The van der Waals surface area contributed by atoms with E-state index in [2.05, 4.69) is 0 Å². The van der Waals surface area contributed by atoms with Crippen LogP contribution in [0.4, 0.5) is 8.78 Å². The number of carbonyl (C=O) groups excluding carboxylic acids is 1. The molecule has 0 aromatic heterocycles. The third-order valence-electron chi connectivity index (χ3n) is 4.56. The molecule has 3 aromatic carbocycles. The first-order valence-electron chi connectivity index (χ1n) is 8.82. The zero-order valence-corrected chi connectivity index (χ0v) is 16.1. The van der Waals surface area contributed by atoms with Gasteiger partial charge in [0.15, 0.2) is 5.76 Å². The van der Waals surface area contributed by atoms with E-state index in [1.54, 1.807) is 43.3 Å². The second-order valence-electron chi connectivity index (χ2n) is 6.59. The van der Waals surface area contributed by atoms with Gasteiger partial charge in [0.2, 0.25) is 5.78 Å². The van der Waals surface area contributed by atoms with E-state index in [0.717, 1.165) is 0 Å². The van der Waals surface area contributed by atoms with Crippen molar-refractivity contribution in [1.82, 2.24) is 0 Å². The van der Waals surface area contributed by atoms with Crippen molar-refractivity contribution in [2.24, 2.45) is 0 Å². The van der Waals surface area contributed by atoms with E-state index in [1.165, 1.54) is 24.3 Å². The quantitative estimate of drug-likeness (QED) is 0.484. The van der Waals surface area contributed by atoms with Crippen molar-refractivity contribution in [3.05, 3.63) is 99.3 Å². The van der Waals surface area contributed by atoms with Gasteiger partial charge in [-0.25, -0.2) is 8.78 Å². The number of hydrogen-bond donors (Lipinski definition) is 0. The van der Waals surface area contributed by atoms with Gasteiger partial charge in [-0.15, -0.1) is 0 Å². The van der Waals surface area contributed by atoms with Gasteiger partial charge in [-0.3, -0.25) is 4.79 Å². The maximum absolute atomic E-state index is 13.9. The van der Waals surface area contributed by atoms with Crippen LogP contribution in [0.5, 0.6) is 11.5 Å². The molecule has 0 fully saturated rings. The van der Waals surface area contributed by atoms with E-state index in [1.807, 2.05) is 0 Å². The molecular formula is C23H15ClF2O3. The summed E-state index contributed by atoms with van der Waals surface area (Å²) in [7, 11) is 0. The van der Waals surface area contributed by atoms with Gasteiger partial charge >= 0.3 is 0 Å². The number of ketones is 1. The van der Waals surface area contributed by atoms with Crippen LogP contribution in [0, 0.1) is 18.6 Å². The second kappa shape index (κ2) is 7.68. The van der Waals surface area contributed by atoms with E-state index in [4.69, 9.17) is 21.1 Å². The van der Waals surface area contributed by atoms with Crippen LogP contribution in [0.25, 0.3) is 6.08 Å². The lowest BCUT2D eigenvalue weighted by Gasteiger charge is -2.11. The predicted octanol–water partition coefficient (Wildman–Crippen LogP) is 6.12. The minimum Gasteiger partial charge on any atom is -0.489 e. The molecule has 6 heteroatoms. The highest BCUT2D eigenvalue weighted by molar-refractivity contribution is 6.31. The number of Topliss-reactive ketones (excluding diaryl/α,β-unsaturated/α-hetero) is 1. The fourth-order valence-electron chi connectivity index (χ4n) is 3.10. The van der Waals surface area contributed by atoms with Crippen molar-refractivity contribution < 1.29 is 23.0 Å². The van der Waals surface area contributed by atoms with Crippen LogP contribution in [0.15, 0.2) is 60.4 Å². The number of aryl methyl sites for hydroxylation is 1. The van der Waals surface area contributed by atoms with Crippen molar-refractivity contribution in [3.8, 4) is 11.5 Å². The minimum atomic E-state index is -0.452. The molecule has 0 atom stereocenters. The van der Waals surface area contributed by atoms with Crippen molar-refractivity contribution in [1.29, 1.82) is 0 Å². The number of carbonyl (C=O) groups is 1. The Labute approximate surface area is 171 Å². The molecule has 3 nitrogen and oxygen atoms in total. The highest BCUT2D eigenvalue weighted by atomic mass is 35.5. The molecule has 0 aliphatic carbocycles. The molecule has 0 N–H and O–H groups in total. The SMILES string of the molecule is Cc1cc(OCc2c(F)cccc2Cl)cc2c1C(=O)/C(=C/c1ccc(F)cc1)O2. The first kappa shape index (κ1) is 19.2. The normalized spacial score (nSPS) is 14.1. The molecular weight excluding hydrogens is 398 g/mol. The lowest BCUT2D eigenvalue weighted by atomic mass is 10.0. The van der Waals surface area contributed by atoms with Crippen LogP contribution < -0.4 is 9.47 Å². The van der Waals surface area contributed by atoms with Crippen molar-refractivity contribution in [3.63, 3.8) is 0 Å². The Morgan fingerprint density at radius 1 is 1.10 bits per heavy atom. The molecule has 0 spiro atoms. The molecule has 146 valence electrons. The summed E-state index contributed by atoms with van der Waals surface area (Å²) in [5.41, 5.74) is 2.01. The third-order valence-corrected chi connectivity index (χ3v) is 4.91. The number of allylic oxidation sites excluding steroid dienone is 1. The van der Waals surface area contributed by atoms with Crippen molar-refractivity contribution in [2.75, 3.05) is 0 Å². The van der Waals surface area contributed by atoms with E-state index >= 15 is 0 Å². The zero-order valence-electron chi connectivity index (χ0n) is 15.3. The second-order valence-corrected chi connectivity index (χ2v) is 7.00. The number of halogens is 3. The summed E-state index contributed by atoms with van der Waals surface area (Å²) in [4.78, 5) is 12.7. The molecule has 0 bridgehead atoms. The predicted molar refractivity (Wildman–Crippen MR) is 106 cm³/mol. The topological polar surface area (TPSA) is 35.5 Å². The van der Waals surface area contributed by atoms with Crippen molar-refractivity contribution >= 4 is 23.5 Å². The highest BCUT2D eigenvalue weighted by Gasteiger charge is 2.30. The standard InChI is InChI=1S/C23H15ClF2O3/c1-13-9-16(28-12-17-18(24)3-2-4-19(17)26)11-20-22(13)23(27)21(29-20)10-14-5-7-15(25)8-6-14/h2-11H,12H2,1H3/b21-10-. The maximum Gasteiger partial charge on any atom is 0.232 e. The van der Waals surface area contributed by atoms with E-state index in [0.29, 0.717) is 28.2 Å². The fraction of sp³-hybridized carbons (Fsp3) is 0.0870. The maximum atomic E-state index is 13.9. The summed E-state index contributed by atoms with van der Waals surface area (Å²) in [5.74, 6) is -0.142. The lowest BCUT2D eigenvalue weighted by molar-refractivity contribution is 0.101. The zero-order chi connectivity index (χ0) is 20.5. The summed E-state index contributed by atoms with van der Waals surface area (Å²) in [6.07, 6.45) is 1.56. The fourth-order valence-corrected chi connectivity index (χ4v) is 3.31. The van der Waals surface area contributed by atoms with Gasteiger partial charge < -0.3 is 9.47 Å². The number of benzene rings is 3. The monoisotopic (exact) mass is 412 g/mol. The average molecular weight is 413 g/mol. The molecule has 0 unspecified atom stereocenters. The van der Waals surface area contributed by atoms with Gasteiger partial charge in [-0.05, 0) is 54.5 Å². The van der Waals surface area contributed by atoms with Crippen LogP contribution in [-0.2, 0) is 6.61 Å². The molecule has 0 radical (unpaired) electrons. The molecule has 3 aromatic rings. The summed E-state index contributed by atoms with van der Waals surface area (Å²) in [6, 6.07) is 13.4. The van der Waals surface area contributed by atoms with Crippen LogP contribution in [-0.4, -0.2) is 5.78 Å². The lowest BCUT2D eigenvalue weighted by Crippen LogP contribution is -2.01. The molecule has 0 saturated heterocycles. The molecule has 1 heterocycles. The van der Waals surface area contributed by atoms with Gasteiger partial charge in [-0.1, -0.05) is 29.8 Å². The summed E-state index contributed by atoms with van der Waals surface area (Å²) < 4.78 is 38.4. The van der Waals surface area contributed by atoms with Gasteiger partial charge in [0.1, 0.15) is 29.7 Å². The Balaban J connectivity index is 1.58. The summed E-state index contributed by atoms with van der Waals surface area (Å²) in [6.45, 7) is 1.71. The third kappa shape index (κ3) is 3.87. The van der Waals surface area contributed by atoms with E-state index in [9.17, 15) is 13.6 Å². The van der Waals surface area contributed by atoms with Crippen LogP contribution in [0.2, 0.25) is 5.02 Å². The number of ether oxygens (including phenoxy) is 2. The van der Waals surface area contributed by atoms with E-state index < -0.39 is 5.82 Å². The molecule has 4 rings (SSSR count). The minimum absolute atomic E-state index is 0.0596. The molecule has 29 heavy (non-hydrogen) atoms. The Bertz CT molecular complexity index is 1120. The largest absolute Gasteiger partial charge is 0.489 e. The smallest absolute Gasteiger partial charge is 0.232 e. The van der Waals surface area contributed by atoms with Gasteiger partial charge in [-0.2, -0.15) is 0 Å². The van der Waals surface area contributed by atoms with Crippen LogP contribution >= 0.6 is 11.6 Å². The first-order valence-corrected chi connectivity index (χ1v) is 9.20. The van der Waals surface area contributed by atoms with Crippen LogP contribution in [0.1, 0.15) is 27.0 Å². The van der Waals surface area contributed by atoms with Crippen LogP contribution in [0.3, 0.4) is 0 Å². The molecule has 1 aliphatic heterocycles. The summed E-state index contributed by atoms with van der Waals surface area (Å²) in [5, 5.41) is 0.277. The van der Waals surface area contributed by atoms with Gasteiger partial charge in [0.25, 0.3) is 0 Å². The molecule has 1 aliphatic rings. The summed E-state index contributed by atoms with van der Waals surface area (Å²) >= 11 is 6.03. The van der Waals surface area contributed by atoms with Gasteiger partial charge in [0.05, 0.1) is 10.6 Å².